The molecule has 0 spiro atoms. The minimum atomic E-state index is 1.20. The monoisotopic (exact) mass is 572 g/mol. The van der Waals surface area contributed by atoms with Crippen LogP contribution in [0.2, 0.25) is 0 Å². The van der Waals surface area contributed by atoms with Crippen molar-refractivity contribution < 1.29 is 0 Å². The summed E-state index contributed by atoms with van der Waals surface area (Å²) in [7, 11) is 0. The van der Waals surface area contributed by atoms with Crippen LogP contribution in [-0.4, -0.2) is 0 Å². The first kappa shape index (κ1) is 33.6. The summed E-state index contributed by atoms with van der Waals surface area (Å²) in [6.45, 7) is 4.60. The molecule has 1 heterocycles. The van der Waals surface area contributed by atoms with Crippen molar-refractivity contribution in [3.8, 4) is 20.9 Å². The number of aryl methyl sites for hydroxylation is 2. The van der Waals surface area contributed by atoms with Crippen LogP contribution >= 0.6 is 11.3 Å². The molecule has 0 saturated heterocycles. The SMILES string of the molecule is CCCCCCCCCCCCc1ccccc1-c1ccc(-c2ccccc2CCCCCCCCCCCC)s1. The predicted molar refractivity (Wildman–Crippen MR) is 186 cm³/mol. The van der Waals surface area contributed by atoms with Crippen LogP contribution in [0.5, 0.6) is 0 Å². The zero-order valence-electron chi connectivity index (χ0n) is 26.7. The highest BCUT2D eigenvalue weighted by Crippen LogP contribution is 2.38. The molecular formula is C40H60S. The molecule has 2 aromatic carbocycles. The van der Waals surface area contributed by atoms with Gasteiger partial charge in [0, 0.05) is 9.75 Å². The van der Waals surface area contributed by atoms with Crippen LogP contribution in [0, 0.1) is 0 Å². The van der Waals surface area contributed by atoms with Crippen molar-refractivity contribution in [2.24, 2.45) is 0 Å². The fourth-order valence-electron chi connectivity index (χ4n) is 6.19. The molecule has 0 atom stereocenters. The number of hydrogen-bond donors (Lipinski definition) is 0. The Hall–Kier alpha value is -1.86. The van der Waals surface area contributed by atoms with E-state index in [4.69, 9.17) is 0 Å². The van der Waals surface area contributed by atoms with E-state index < -0.39 is 0 Å². The molecule has 3 rings (SSSR count). The zero-order valence-corrected chi connectivity index (χ0v) is 27.6. The van der Waals surface area contributed by atoms with Gasteiger partial charge in [-0.15, -0.1) is 11.3 Å². The second-order valence-corrected chi connectivity index (χ2v) is 13.4. The van der Waals surface area contributed by atoms with E-state index >= 15 is 0 Å². The molecule has 3 aromatic rings. The summed E-state index contributed by atoms with van der Waals surface area (Å²) in [5.74, 6) is 0. The summed E-state index contributed by atoms with van der Waals surface area (Å²) in [5.41, 5.74) is 5.96. The van der Waals surface area contributed by atoms with Crippen LogP contribution in [0.3, 0.4) is 0 Å². The minimum Gasteiger partial charge on any atom is -0.135 e. The Labute approximate surface area is 258 Å². The maximum Gasteiger partial charge on any atom is 0.0352 e. The normalized spacial score (nSPS) is 11.4. The molecule has 1 aromatic heterocycles. The zero-order chi connectivity index (χ0) is 28.8. The van der Waals surface area contributed by atoms with Crippen molar-refractivity contribution >= 4 is 11.3 Å². The van der Waals surface area contributed by atoms with Crippen LogP contribution in [0.15, 0.2) is 60.7 Å². The van der Waals surface area contributed by atoms with E-state index in [0.29, 0.717) is 0 Å². The molecule has 0 N–H and O–H groups in total. The number of unbranched alkanes of at least 4 members (excludes halogenated alkanes) is 18. The average Bonchev–Trinajstić information content (AvgIpc) is 3.49. The van der Waals surface area contributed by atoms with Crippen LogP contribution < -0.4 is 0 Å². The van der Waals surface area contributed by atoms with Crippen molar-refractivity contribution in [3.63, 3.8) is 0 Å². The lowest BCUT2D eigenvalue weighted by Gasteiger charge is -2.09. The van der Waals surface area contributed by atoms with Gasteiger partial charge in [-0.05, 0) is 60.1 Å². The summed E-state index contributed by atoms with van der Waals surface area (Å²) in [4.78, 5) is 2.85. The summed E-state index contributed by atoms with van der Waals surface area (Å²) < 4.78 is 0. The smallest absolute Gasteiger partial charge is 0.0352 e. The molecule has 1 heteroatoms. The van der Waals surface area contributed by atoms with E-state index in [-0.39, 0.29) is 0 Å². The van der Waals surface area contributed by atoms with Crippen molar-refractivity contribution in [2.45, 2.75) is 155 Å². The first-order valence-corrected chi connectivity index (χ1v) is 18.4. The average molecular weight is 573 g/mol. The Bertz CT molecular complexity index is 962. The van der Waals surface area contributed by atoms with E-state index in [0.717, 1.165) is 0 Å². The molecule has 0 saturated carbocycles. The largest absolute Gasteiger partial charge is 0.135 e. The fourth-order valence-corrected chi connectivity index (χ4v) is 7.32. The van der Waals surface area contributed by atoms with Gasteiger partial charge in [-0.1, -0.05) is 178 Å². The van der Waals surface area contributed by atoms with E-state index in [1.165, 1.54) is 173 Å². The highest BCUT2D eigenvalue weighted by molar-refractivity contribution is 7.18. The first-order valence-electron chi connectivity index (χ1n) is 17.6. The van der Waals surface area contributed by atoms with Crippen molar-refractivity contribution in [2.75, 3.05) is 0 Å². The maximum absolute atomic E-state index is 2.37. The van der Waals surface area contributed by atoms with E-state index in [2.05, 4.69) is 74.5 Å². The minimum absolute atomic E-state index is 1.20. The third-order valence-electron chi connectivity index (χ3n) is 8.77. The second-order valence-electron chi connectivity index (χ2n) is 12.3. The summed E-state index contributed by atoms with van der Waals surface area (Å²) in [6.07, 6.45) is 30.4. The molecule has 41 heavy (non-hydrogen) atoms. The van der Waals surface area contributed by atoms with Crippen molar-refractivity contribution in [1.82, 2.24) is 0 Å². The first-order chi connectivity index (χ1) is 20.3. The molecule has 0 bridgehead atoms. The molecule has 0 unspecified atom stereocenters. The summed E-state index contributed by atoms with van der Waals surface area (Å²) in [5, 5.41) is 0. The quantitative estimate of drug-likeness (QED) is 0.0936. The molecule has 0 nitrogen and oxygen atoms in total. The van der Waals surface area contributed by atoms with E-state index in [1.807, 2.05) is 11.3 Å². The lowest BCUT2D eigenvalue weighted by atomic mass is 9.98. The van der Waals surface area contributed by atoms with Crippen molar-refractivity contribution in [1.29, 1.82) is 0 Å². The van der Waals surface area contributed by atoms with Crippen LogP contribution in [-0.2, 0) is 12.8 Å². The molecule has 0 fully saturated rings. The van der Waals surface area contributed by atoms with Crippen LogP contribution in [0.1, 0.15) is 153 Å². The van der Waals surface area contributed by atoms with Gasteiger partial charge in [-0.2, -0.15) is 0 Å². The third kappa shape index (κ3) is 13.3. The highest BCUT2D eigenvalue weighted by atomic mass is 32.1. The standard InChI is InChI=1S/C40H60S/c1-3-5-7-9-11-13-15-17-19-21-27-35-29-23-25-31-37(35)39-33-34-40(41-39)38-32-26-24-30-36(38)28-22-20-18-16-14-12-10-8-6-4-2/h23-26,29-34H,3-22,27-28H2,1-2H3. The van der Waals surface area contributed by atoms with Crippen LogP contribution in [0.25, 0.3) is 20.9 Å². The summed E-state index contributed by atoms with van der Waals surface area (Å²) in [6, 6.07) is 23.0. The Morgan fingerprint density at radius 1 is 0.366 bits per heavy atom. The Morgan fingerprint density at radius 2 is 0.683 bits per heavy atom. The number of hydrogen-bond acceptors (Lipinski definition) is 1. The van der Waals surface area contributed by atoms with E-state index in [1.54, 1.807) is 0 Å². The van der Waals surface area contributed by atoms with Crippen LogP contribution in [0.4, 0.5) is 0 Å². The lowest BCUT2D eigenvalue weighted by Crippen LogP contribution is -1.90. The van der Waals surface area contributed by atoms with Gasteiger partial charge in [0.15, 0.2) is 0 Å². The van der Waals surface area contributed by atoms with Gasteiger partial charge in [0.05, 0.1) is 0 Å². The highest BCUT2D eigenvalue weighted by Gasteiger charge is 2.11. The summed E-state index contributed by atoms with van der Waals surface area (Å²) >= 11 is 1.98. The van der Waals surface area contributed by atoms with Gasteiger partial charge in [0.25, 0.3) is 0 Å². The van der Waals surface area contributed by atoms with Gasteiger partial charge < -0.3 is 0 Å². The second kappa shape index (κ2) is 21.8. The Kier molecular flexibility index (Phi) is 17.9. The lowest BCUT2D eigenvalue weighted by molar-refractivity contribution is 0.556. The predicted octanol–water partition coefficient (Wildman–Crippen LogP) is 14.0. The maximum atomic E-state index is 2.37. The molecule has 0 aliphatic rings. The van der Waals surface area contributed by atoms with Gasteiger partial charge in [0.1, 0.15) is 0 Å². The number of rotatable bonds is 24. The molecule has 226 valence electrons. The molecule has 0 radical (unpaired) electrons. The third-order valence-corrected chi connectivity index (χ3v) is 9.92. The number of thiophene rings is 1. The van der Waals surface area contributed by atoms with Crippen molar-refractivity contribution in [3.05, 3.63) is 71.8 Å². The van der Waals surface area contributed by atoms with Gasteiger partial charge in [-0.3, -0.25) is 0 Å². The molecule has 0 aliphatic heterocycles. The molecule has 0 amide bonds. The van der Waals surface area contributed by atoms with Gasteiger partial charge >= 0.3 is 0 Å². The van der Waals surface area contributed by atoms with Gasteiger partial charge in [0.2, 0.25) is 0 Å². The number of benzene rings is 2. The Morgan fingerprint density at radius 3 is 1.05 bits per heavy atom. The van der Waals surface area contributed by atoms with Gasteiger partial charge in [-0.25, -0.2) is 0 Å². The fraction of sp³-hybridized carbons (Fsp3) is 0.600. The van der Waals surface area contributed by atoms with E-state index in [9.17, 15) is 0 Å². The topological polar surface area (TPSA) is 0 Å². The molecular weight excluding hydrogens is 513 g/mol. The molecule has 0 aliphatic carbocycles. The Balaban J connectivity index is 1.44.